The third-order valence-electron chi connectivity index (χ3n) is 4.17. The lowest BCUT2D eigenvalue weighted by Gasteiger charge is -2.08. The molecule has 0 radical (unpaired) electrons. The molecule has 1 aromatic rings. The lowest BCUT2D eigenvalue weighted by atomic mass is 10.1. The molecule has 0 saturated carbocycles. The minimum absolute atomic E-state index is 0.0295. The normalized spacial score (nSPS) is 12.0. The van der Waals surface area contributed by atoms with Gasteiger partial charge < -0.3 is 5.32 Å². The SMILES string of the molecule is CCCCCCCCCC(=O)NN=C(C)c1ccc(NC(=O)C(F)(F)F)cc1. The summed E-state index contributed by atoms with van der Waals surface area (Å²) in [4.78, 5) is 22.7. The topological polar surface area (TPSA) is 70.6 Å². The Bertz CT molecular complexity index is 656. The zero-order valence-corrected chi connectivity index (χ0v) is 16.4. The Labute approximate surface area is 163 Å². The highest BCUT2D eigenvalue weighted by molar-refractivity contribution is 6.00. The molecule has 156 valence electrons. The molecule has 2 amide bonds. The van der Waals surface area contributed by atoms with Crippen LogP contribution < -0.4 is 10.7 Å². The number of amides is 2. The van der Waals surface area contributed by atoms with Crippen LogP contribution in [0.3, 0.4) is 0 Å². The molecule has 0 aliphatic heterocycles. The third-order valence-corrected chi connectivity index (χ3v) is 4.17. The summed E-state index contributed by atoms with van der Waals surface area (Å²) in [6, 6.07) is 5.73. The monoisotopic (exact) mass is 399 g/mol. The highest BCUT2D eigenvalue weighted by Crippen LogP contribution is 2.18. The van der Waals surface area contributed by atoms with E-state index in [1.54, 1.807) is 12.2 Å². The Balaban J connectivity index is 2.38. The number of hydrogen-bond donors (Lipinski definition) is 2. The summed E-state index contributed by atoms with van der Waals surface area (Å²) in [6.07, 6.45) is 3.35. The number of benzene rings is 1. The van der Waals surface area contributed by atoms with Crippen molar-refractivity contribution in [2.45, 2.75) is 71.4 Å². The second kappa shape index (κ2) is 12.2. The van der Waals surface area contributed by atoms with Gasteiger partial charge in [-0.05, 0) is 31.0 Å². The van der Waals surface area contributed by atoms with E-state index >= 15 is 0 Å². The highest BCUT2D eigenvalue weighted by atomic mass is 19.4. The lowest BCUT2D eigenvalue weighted by Crippen LogP contribution is -2.29. The number of carbonyl (C=O) groups is 2. The van der Waals surface area contributed by atoms with Crippen molar-refractivity contribution in [1.82, 2.24) is 5.43 Å². The van der Waals surface area contributed by atoms with Crippen LogP contribution in [-0.4, -0.2) is 23.7 Å². The second-order valence-electron chi connectivity index (χ2n) is 6.63. The Hall–Kier alpha value is -2.38. The summed E-state index contributed by atoms with van der Waals surface area (Å²) < 4.78 is 36.7. The van der Waals surface area contributed by atoms with Crippen LogP contribution in [0.15, 0.2) is 29.4 Å². The van der Waals surface area contributed by atoms with Crippen LogP contribution in [0, 0.1) is 0 Å². The van der Waals surface area contributed by atoms with Crippen molar-refractivity contribution in [1.29, 1.82) is 0 Å². The first-order valence-corrected chi connectivity index (χ1v) is 9.55. The first kappa shape index (κ1) is 23.7. The standard InChI is InChI=1S/C20H28F3N3O2/c1-3-4-5-6-7-8-9-10-18(27)26-25-15(2)16-11-13-17(14-12-16)24-19(28)20(21,22)23/h11-14H,3-10H2,1-2H3,(H,24,28)(H,26,27). The van der Waals surface area contributed by atoms with Crippen LogP contribution in [0.5, 0.6) is 0 Å². The molecular weight excluding hydrogens is 371 g/mol. The van der Waals surface area contributed by atoms with Crippen molar-refractivity contribution in [3.8, 4) is 0 Å². The molecule has 0 atom stereocenters. The molecule has 0 bridgehead atoms. The summed E-state index contributed by atoms with van der Waals surface area (Å²) >= 11 is 0. The number of carbonyl (C=O) groups excluding carboxylic acids is 2. The quantitative estimate of drug-likeness (QED) is 0.306. The number of hydrazone groups is 1. The van der Waals surface area contributed by atoms with E-state index in [1.807, 2.05) is 0 Å². The summed E-state index contributed by atoms with van der Waals surface area (Å²) in [5.74, 6) is -2.19. The number of unbranched alkanes of at least 4 members (excludes halogenated alkanes) is 6. The van der Waals surface area contributed by atoms with Crippen molar-refractivity contribution in [2.24, 2.45) is 5.10 Å². The zero-order chi connectivity index (χ0) is 21.0. The Morgan fingerprint density at radius 1 is 0.964 bits per heavy atom. The van der Waals surface area contributed by atoms with E-state index in [0.717, 1.165) is 19.3 Å². The molecule has 1 aromatic carbocycles. The van der Waals surface area contributed by atoms with E-state index in [4.69, 9.17) is 0 Å². The largest absolute Gasteiger partial charge is 0.471 e. The van der Waals surface area contributed by atoms with Gasteiger partial charge in [-0.25, -0.2) is 5.43 Å². The van der Waals surface area contributed by atoms with Crippen LogP contribution in [0.1, 0.15) is 70.8 Å². The molecule has 0 spiro atoms. The van der Waals surface area contributed by atoms with Crippen LogP contribution in [0.4, 0.5) is 18.9 Å². The van der Waals surface area contributed by atoms with Crippen LogP contribution in [-0.2, 0) is 9.59 Å². The van der Waals surface area contributed by atoms with Crippen LogP contribution in [0.2, 0.25) is 0 Å². The Kier molecular flexibility index (Phi) is 10.3. The summed E-state index contributed by atoms with van der Waals surface area (Å²) in [7, 11) is 0. The van der Waals surface area contributed by atoms with Gasteiger partial charge in [-0.3, -0.25) is 9.59 Å². The third kappa shape index (κ3) is 9.53. The predicted octanol–water partition coefficient (Wildman–Crippen LogP) is 5.17. The first-order valence-electron chi connectivity index (χ1n) is 9.55. The number of nitrogens with one attached hydrogen (secondary N) is 2. The van der Waals surface area contributed by atoms with Crippen molar-refractivity contribution < 1.29 is 22.8 Å². The molecule has 8 heteroatoms. The molecule has 28 heavy (non-hydrogen) atoms. The maximum absolute atomic E-state index is 12.2. The number of alkyl halides is 3. The summed E-state index contributed by atoms with van der Waals surface area (Å²) in [5, 5.41) is 5.78. The van der Waals surface area contributed by atoms with E-state index < -0.39 is 12.1 Å². The Morgan fingerprint density at radius 2 is 1.54 bits per heavy atom. The molecule has 2 N–H and O–H groups in total. The van der Waals surface area contributed by atoms with Gasteiger partial charge >= 0.3 is 12.1 Å². The summed E-state index contributed by atoms with van der Waals surface area (Å²) in [5.41, 5.74) is 3.66. The number of nitrogens with zero attached hydrogens (tertiary/aromatic N) is 1. The Morgan fingerprint density at radius 3 is 2.11 bits per heavy atom. The van der Waals surface area contributed by atoms with Gasteiger partial charge in [-0.2, -0.15) is 18.3 Å². The van der Waals surface area contributed by atoms with E-state index in [-0.39, 0.29) is 11.6 Å². The maximum atomic E-state index is 12.2. The molecule has 0 unspecified atom stereocenters. The van der Waals surface area contributed by atoms with E-state index in [0.29, 0.717) is 17.7 Å². The van der Waals surface area contributed by atoms with E-state index in [2.05, 4.69) is 17.5 Å². The van der Waals surface area contributed by atoms with Gasteiger partial charge in [-0.1, -0.05) is 57.6 Å². The van der Waals surface area contributed by atoms with Gasteiger partial charge in [0.2, 0.25) is 5.91 Å². The molecule has 0 aliphatic carbocycles. The van der Waals surface area contributed by atoms with Gasteiger partial charge in [0, 0.05) is 12.1 Å². The van der Waals surface area contributed by atoms with Crippen molar-refractivity contribution in [2.75, 3.05) is 5.32 Å². The van der Waals surface area contributed by atoms with Gasteiger partial charge in [0.1, 0.15) is 0 Å². The van der Waals surface area contributed by atoms with Crippen molar-refractivity contribution in [3.63, 3.8) is 0 Å². The first-order chi connectivity index (χ1) is 13.2. The minimum Gasteiger partial charge on any atom is -0.318 e. The molecule has 0 aliphatic rings. The smallest absolute Gasteiger partial charge is 0.318 e. The molecule has 0 aromatic heterocycles. The molecule has 0 heterocycles. The number of hydrogen-bond acceptors (Lipinski definition) is 3. The number of anilines is 1. The fraction of sp³-hybridized carbons (Fsp3) is 0.550. The van der Waals surface area contributed by atoms with Gasteiger partial charge in [-0.15, -0.1) is 0 Å². The summed E-state index contributed by atoms with van der Waals surface area (Å²) in [6.45, 7) is 3.85. The van der Waals surface area contributed by atoms with E-state index in [1.165, 1.54) is 49.9 Å². The molecule has 0 saturated heterocycles. The van der Waals surface area contributed by atoms with Crippen LogP contribution in [0.25, 0.3) is 0 Å². The fourth-order valence-electron chi connectivity index (χ4n) is 2.51. The molecular formula is C20H28F3N3O2. The number of rotatable bonds is 11. The molecule has 5 nitrogen and oxygen atoms in total. The maximum Gasteiger partial charge on any atom is 0.471 e. The minimum atomic E-state index is -4.93. The molecule has 1 rings (SSSR count). The predicted molar refractivity (Wildman–Crippen MR) is 104 cm³/mol. The second-order valence-corrected chi connectivity index (χ2v) is 6.63. The average molecular weight is 399 g/mol. The molecule has 0 fully saturated rings. The van der Waals surface area contributed by atoms with Gasteiger partial charge in [0.25, 0.3) is 0 Å². The van der Waals surface area contributed by atoms with Gasteiger partial charge in [0.05, 0.1) is 5.71 Å². The fourth-order valence-corrected chi connectivity index (χ4v) is 2.51. The average Bonchev–Trinajstić information content (AvgIpc) is 2.65. The lowest BCUT2D eigenvalue weighted by molar-refractivity contribution is -0.167. The zero-order valence-electron chi connectivity index (χ0n) is 16.4. The highest BCUT2D eigenvalue weighted by Gasteiger charge is 2.38. The van der Waals surface area contributed by atoms with Gasteiger partial charge in [0.15, 0.2) is 0 Å². The van der Waals surface area contributed by atoms with Crippen molar-refractivity contribution in [3.05, 3.63) is 29.8 Å². The number of halogens is 3. The van der Waals surface area contributed by atoms with E-state index in [9.17, 15) is 22.8 Å². The van der Waals surface area contributed by atoms with Crippen LogP contribution >= 0.6 is 0 Å². The van der Waals surface area contributed by atoms with Crippen molar-refractivity contribution >= 4 is 23.2 Å².